The molecule has 0 radical (unpaired) electrons. The largest absolute Gasteiger partial charge is 0.508 e. The molecule has 0 spiro atoms. The van der Waals surface area contributed by atoms with Crippen LogP contribution in [-0.2, 0) is 0 Å². The Hall–Kier alpha value is -2.96. The number of hydrogen-bond donors (Lipinski definition) is 4. The van der Waals surface area contributed by atoms with Crippen LogP contribution in [0.4, 0.5) is 16.2 Å². The number of nitrogens with zero attached hydrogens (tertiary/aromatic N) is 1. The molecule has 2 aromatic rings. The minimum atomic E-state index is -1.15. The van der Waals surface area contributed by atoms with E-state index in [2.05, 4.69) is 10.3 Å². The number of anilines is 2. The summed E-state index contributed by atoms with van der Waals surface area (Å²) in [6.07, 6.45) is 0. The van der Waals surface area contributed by atoms with Crippen LogP contribution in [-0.4, -0.2) is 34.2 Å². The number of aryl methyl sites for hydroxylation is 1. The van der Waals surface area contributed by atoms with Crippen molar-refractivity contribution in [3.8, 4) is 5.75 Å². The molecule has 0 unspecified atom stereocenters. The number of aromatic nitrogens is 1. The molecular weight excluding hydrogens is 274 g/mol. The molecule has 1 heterocycles. The zero-order chi connectivity index (χ0) is 15.6. The molecule has 0 bridgehead atoms. The molecule has 0 aliphatic carbocycles. The maximum atomic E-state index is 12.1. The van der Waals surface area contributed by atoms with Gasteiger partial charge in [-0.25, -0.2) is 9.59 Å². The Morgan fingerprint density at radius 3 is 2.62 bits per heavy atom. The van der Waals surface area contributed by atoms with Crippen LogP contribution in [0.5, 0.6) is 5.75 Å². The van der Waals surface area contributed by atoms with Crippen molar-refractivity contribution in [2.24, 2.45) is 0 Å². The number of carboxylic acid groups (broad SMARTS) is 1. The molecular formula is C14H15N3O4. The molecule has 2 amide bonds. The first-order valence-corrected chi connectivity index (χ1v) is 6.15. The van der Waals surface area contributed by atoms with E-state index >= 15 is 0 Å². The predicted molar refractivity (Wildman–Crippen MR) is 78.0 cm³/mol. The Morgan fingerprint density at radius 2 is 2.00 bits per heavy atom. The van der Waals surface area contributed by atoms with Gasteiger partial charge in [0.2, 0.25) is 0 Å². The fraction of sp³-hybridized carbons (Fsp3) is 0.143. The topological polar surface area (TPSA) is 106 Å². The van der Waals surface area contributed by atoms with E-state index in [9.17, 15) is 14.7 Å². The van der Waals surface area contributed by atoms with E-state index in [1.54, 1.807) is 19.1 Å². The molecule has 1 aromatic carbocycles. The average molecular weight is 289 g/mol. The van der Waals surface area contributed by atoms with Gasteiger partial charge in [0.05, 0.1) is 5.69 Å². The maximum Gasteiger partial charge on any atom is 0.354 e. The first kappa shape index (κ1) is 14.4. The number of hydrogen-bond acceptors (Lipinski definition) is 3. The maximum absolute atomic E-state index is 12.1. The number of benzene rings is 1. The van der Waals surface area contributed by atoms with Gasteiger partial charge in [-0.3, -0.25) is 4.90 Å². The fourth-order valence-corrected chi connectivity index (χ4v) is 1.87. The van der Waals surface area contributed by atoms with E-state index in [-0.39, 0.29) is 17.1 Å². The number of urea groups is 1. The van der Waals surface area contributed by atoms with Gasteiger partial charge < -0.3 is 20.5 Å². The van der Waals surface area contributed by atoms with E-state index in [0.717, 1.165) is 0 Å². The summed E-state index contributed by atoms with van der Waals surface area (Å²) >= 11 is 0. The second kappa shape index (κ2) is 5.58. The third kappa shape index (κ3) is 3.14. The Morgan fingerprint density at radius 1 is 1.29 bits per heavy atom. The van der Waals surface area contributed by atoms with Gasteiger partial charge in [0.25, 0.3) is 0 Å². The van der Waals surface area contributed by atoms with Crippen molar-refractivity contribution in [1.82, 2.24) is 4.98 Å². The Labute approximate surface area is 120 Å². The fourth-order valence-electron chi connectivity index (χ4n) is 1.87. The first-order valence-electron chi connectivity index (χ1n) is 6.15. The second-order valence-corrected chi connectivity index (χ2v) is 4.56. The van der Waals surface area contributed by atoms with Gasteiger partial charge in [-0.2, -0.15) is 0 Å². The summed E-state index contributed by atoms with van der Waals surface area (Å²) in [5, 5.41) is 21.0. The normalized spacial score (nSPS) is 10.2. The van der Waals surface area contributed by atoms with Crippen molar-refractivity contribution in [3.63, 3.8) is 0 Å². The predicted octanol–water partition coefficient (Wildman–Crippen LogP) is 2.40. The standard InChI is InChI=1S/C14H15N3O4/c1-8-6-11(12(15-8)13(19)20)16-14(21)17(2)9-4-3-5-10(18)7-9/h3-7,15,18H,1-2H3,(H,16,21)(H,19,20). The van der Waals surface area contributed by atoms with Gasteiger partial charge in [0.1, 0.15) is 11.4 Å². The number of aromatic carboxylic acids is 1. The summed E-state index contributed by atoms with van der Waals surface area (Å²) in [6, 6.07) is 7.21. The summed E-state index contributed by atoms with van der Waals surface area (Å²) in [4.78, 5) is 27.1. The molecule has 7 nitrogen and oxygen atoms in total. The lowest BCUT2D eigenvalue weighted by atomic mass is 10.3. The summed E-state index contributed by atoms with van der Waals surface area (Å²) in [5.74, 6) is -1.12. The number of H-pyrrole nitrogens is 1. The van der Waals surface area contributed by atoms with Gasteiger partial charge in [0.15, 0.2) is 0 Å². The van der Waals surface area contributed by atoms with Crippen LogP contribution in [0.1, 0.15) is 16.2 Å². The number of rotatable bonds is 3. The second-order valence-electron chi connectivity index (χ2n) is 4.56. The summed E-state index contributed by atoms with van der Waals surface area (Å²) in [7, 11) is 1.52. The Kier molecular flexibility index (Phi) is 3.84. The Bertz CT molecular complexity index is 693. The number of phenols is 1. The third-order valence-electron chi connectivity index (χ3n) is 2.93. The van der Waals surface area contributed by atoms with Gasteiger partial charge in [-0.15, -0.1) is 0 Å². The minimum Gasteiger partial charge on any atom is -0.508 e. The summed E-state index contributed by atoms with van der Waals surface area (Å²) in [6.45, 7) is 1.70. The van der Waals surface area contributed by atoms with Gasteiger partial charge >= 0.3 is 12.0 Å². The number of carbonyl (C=O) groups excluding carboxylic acids is 1. The van der Waals surface area contributed by atoms with Crippen LogP contribution < -0.4 is 10.2 Å². The van der Waals surface area contributed by atoms with Crippen molar-refractivity contribution >= 4 is 23.4 Å². The van der Waals surface area contributed by atoms with E-state index in [1.165, 1.54) is 30.1 Å². The van der Waals surface area contributed by atoms with E-state index in [1.807, 2.05) is 0 Å². The van der Waals surface area contributed by atoms with Crippen molar-refractivity contribution < 1.29 is 19.8 Å². The molecule has 0 aliphatic heterocycles. The molecule has 2 rings (SSSR count). The molecule has 0 fully saturated rings. The number of carbonyl (C=O) groups is 2. The van der Waals surface area contributed by atoms with Crippen LogP contribution in [0.25, 0.3) is 0 Å². The smallest absolute Gasteiger partial charge is 0.354 e. The molecule has 0 saturated carbocycles. The van der Waals surface area contributed by atoms with Gasteiger partial charge in [-0.05, 0) is 25.1 Å². The number of aromatic amines is 1. The summed E-state index contributed by atoms with van der Waals surface area (Å²) in [5.41, 5.74) is 1.22. The van der Waals surface area contributed by atoms with Crippen LogP contribution in [0, 0.1) is 6.92 Å². The van der Waals surface area contributed by atoms with Crippen LogP contribution in [0.15, 0.2) is 30.3 Å². The monoisotopic (exact) mass is 289 g/mol. The third-order valence-corrected chi connectivity index (χ3v) is 2.93. The molecule has 4 N–H and O–H groups in total. The highest BCUT2D eigenvalue weighted by molar-refractivity contribution is 6.05. The highest BCUT2D eigenvalue weighted by atomic mass is 16.4. The lowest BCUT2D eigenvalue weighted by Gasteiger charge is -2.18. The van der Waals surface area contributed by atoms with Crippen molar-refractivity contribution in [1.29, 1.82) is 0 Å². The van der Waals surface area contributed by atoms with Gasteiger partial charge in [0, 0.05) is 24.5 Å². The average Bonchev–Trinajstić information content (AvgIpc) is 2.79. The number of nitrogens with one attached hydrogen (secondary N) is 2. The number of amides is 2. The quantitative estimate of drug-likeness (QED) is 0.696. The lowest BCUT2D eigenvalue weighted by Crippen LogP contribution is -2.31. The molecule has 21 heavy (non-hydrogen) atoms. The molecule has 7 heteroatoms. The van der Waals surface area contributed by atoms with E-state index in [4.69, 9.17) is 5.11 Å². The molecule has 110 valence electrons. The zero-order valence-corrected chi connectivity index (χ0v) is 11.5. The highest BCUT2D eigenvalue weighted by Crippen LogP contribution is 2.21. The first-order chi connectivity index (χ1) is 9.88. The highest BCUT2D eigenvalue weighted by Gasteiger charge is 2.18. The Balaban J connectivity index is 2.20. The van der Waals surface area contributed by atoms with Gasteiger partial charge in [-0.1, -0.05) is 6.07 Å². The number of phenolic OH excluding ortho intramolecular Hbond substituents is 1. The van der Waals surface area contributed by atoms with Crippen molar-refractivity contribution in [3.05, 3.63) is 41.7 Å². The van der Waals surface area contributed by atoms with Crippen LogP contribution in [0.3, 0.4) is 0 Å². The van der Waals surface area contributed by atoms with Crippen molar-refractivity contribution in [2.75, 3.05) is 17.3 Å². The molecule has 0 aliphatic rings. The minimum absolute atomic E-state index is 0.0378. The lowest BCUT2D eigenvalue weighted by molar-refractivity contribution is 0.0692. The van der Waals surface area contributed by atoms with Crippen LogP contribution >= 0.6 is 0 Å². The molecule has 0 atom stereocenters. The number of carboxylic acids is 1. The number of aromatic hydroxyl groups is 1. The zero-order valence-electron chi connectivity index (χ0n) is 11.5. The SMILES string of the molecule is Cc1cc(NC(=O)N(C)c2cccc(O)c2)c(C(=O)O)[nH]1. The van der Waals surface area contributed by atoms with Crippen LogP contribution in [0.2, 0.25) is 0 Å². The molecule has 0 saturated heterocycles. The summed E-state index contributed by atoms with van der Waals surface area (Å²) < 4.78 is 0. The van der Waals surface area contributed by atoms with E-state index < -0.39 is 12.0 Å². The molecule has 1 aromatic heterocycles. The van der Waals surface area contributed by atoms with E-state index in [0.29, 0.717) is 11.4 Å². The van der Waals surface area contributed by atoms with Crippen molar-refractivity contribution in [2.45, 2.75) is 6.92 Å².